The number of rotatable bonds is 9. The minimum Gasteiger partial charge on any atom is -0.317 e. The lowest BCUT2D eigenvalue weighted by Crippen LogP contribution is -2.36. The quantitative estimate of drug-likeness (QED) is 0.568. The van der Waals surface area contributed by atoms with E-state index in [0.717, 1.165) is 18.6 Å². The van der Waals surface area contributed by atoms with E-state index in [1.54, 1.807) is 0 Å². The second kappa shape index (κ2) is 10.6. The Morgan fingerprint density at radius 1 is 0.800 bits per heavy atom. The molecule has 0 spiro atoms. The lowest BCUT2D eigenvalue weighted by Gasteiger charge is -2.23. The van der Waals surface area contributed by atoms with Crippen LogP contribution in [0.15, 0.2) is 0 Å². The molecule has 2 heterocycles. The summed E-state index contributed by atoms with van der Waals surface area (Å²) in [6.45, 7) is 4.80. The topological polar surface area (TPSA) is 36.1 Å². The van der Waals surface area contributed by atoms with Gasteiger partial charge < -0.3 is 16.0 Å². The zero-order chi connectivity index (χ0) is 13.9. The number of unbranched alkanes of at least 4 members (excludes halogenated alkanes) is 2. The Bertz CT molecular complexity index is 196. The van der Waals surface area contributed by atoms with E-state index >= 15 is 0 Å². The van der Waals surface area contributed by atoms with Gasteiger partial charge in [-0.1, -0.05) is 12.8 Å². The molecule has 3 heteroatoms. The molecule has 2 fully saturated rings. The summed E-state index contributed by atoms with van der Waals surface area (Å²) in [5.74, 6) is 0. The van der Waals surface area contributed by atoms with Gasteiger partial charge in [-0.05, 0) is 84.0 Å². The van der Waals surface area contributed by atoms with Gasteiger partial charge in [-0.25, -0.2) is 0 Å². The molecular weight excluding hydrogens is 246 g/mol. The van der Waals surface area contributed by atoms with E-state index in [9.17, 15) is 0 Å². The van der Waals surface area contributed by atoms with Gasteiger partial charge in [0.15, 0.2) is 0 Å². The van der Waals surface area contributed by atoms with Crippen LogP contribution in [0, 0.1) is 6.42 Å². The van der Waals surface area contributed by atoms with Crippen molar-refractivity contribution in [1.82, 2.24) is 16.0 Å². The molecule has 0 aliphatic carbocycles. The summed E-state index contributed by atoms with van der Waals surface area (Å²) in [6, 6.07) is 1.57. The third kappa shape index (κ3) is 7.05. The molecule has 0 aromatic rings. The Balaban J connectivity index is 1.33. The Morgan fingerprint density at radius 3 is 2.15 bits per heavy atom. The van der Waals surface area contributed by atoms with Crippen LogP contribution in [0.5, 0.6) is 0 Å². The van der Waals surface area contributed by atoms with E-state index in [0.29, 0.717) is 0 Å². The van der Waals surface area contributed by atoms with E-state index < -0.39 is 0 Å². The van der Waals surface area contributed by atoms with Crippen molar-refractivity contribution in [2.24, 2.45) is 0 Å². The minimum absolute atomic E-state index is 0.776. The minimum atomic E-state index is 0.776. The molecule has 3 nitrogen and oxygen atoms in total. The summed E-state index contributed by atoms with van der Waals surface area (Å²) in [5, 5.41) is 10.8. The van der Waals surface area contributed by atoms with Crippen LogP contribution >= 0.6 is 0 Å². The zero-order valence-corrected chi connectivity index (χ0v) is 13.1. The predicted octanol–water partition coefficient (Wildman–Crippen LogP) is 2.62. The maximum atomic E-state index is 3.62. The van der Waals surface area contributed by atoms with Gasteiger partial charge in [0, 0.05) is 12.1 Å². The van der Waals surface area contributed by atoms with Crippen molar-refractivity contribution in [1.29, 1.82) is 0 Å². The number of nitrogens with one attached hydrogen (secondary N) is 3. The lowest BCUT2D eigenvalue weighted by atomic mass is 9.99. The Hall–Kier alpha value is -0.120. The average molecular weight is 280 g/mol. The molecule has 0 bridgehead atoms. The van der Waals surface area contributed by atoms with Crippen LogP contribution in [0.2, 0.25) is 0 Å². The van der Waals surface area contributed by atoms with Crippen molar-refractivity contribution in [3.63, 3.8) is 0 Å². The van der Waals surface area contributed by atoms with Crippen LogP contribution in [-0.2, 0) is 0 Å². The van der Waals surface area contributed by atoms with Gasteiger partial charge in [0.1, 0.15) is 0 Å². The van der Waals surface area contributed by atoms with Gasteiger partial charge >= 0.3 is 0 Å². The molecule has 0 saturated carbocycles. The molecule has 2 aliphatic heterocycles. The van der Waals surface area contributed by atoms with Gasteiger partial charge in [0.25, 0.3) is 0 Å². The third-order valence-electron chi connectivity index (χ3n) is 4.74. The SMILES string of the molecule is [CH](CCNCCC1CCCCN1)CCC1CCCCN1. The third-order valence-corrected chi connectivity index (χ3v) is 4.74. The first-order valence-electron chi connectivity index (χ1n) is 8.94. The molecule has 1 radical (unpaired) electrons. The van der Waals surface area contributed by atoms with Crippen LogP contribution in [0.4, 0.5) is 0 Å². The second-order valence-corrected chi connectivity index (χ2v) is 6.49. The zero-order valence-electron chi connectivity index (χ0n) is 13.1. The Morgan fingerprint density at radius 2 is 1.50 bits per heavy atom. The number of piperidine rings is 2. The summed E-state index contributed by atoms with van der Waals surface area (Å²) in [4.78, 5) is 0. The molecule has 2 aliphatic rings. The number of hydrogen-bond acceptors (Lipinski definition) is 3. The van der Waals surface area contributed by atoms with Crippen molar-refractivity contribution in [2.75, 3.05) is 26.2 Å². The van der Waals surface area contributed by atoms with Crippen molar-refractivity contribution >= 4 is 0 Å². The first kappa shape index (κ1) is 16.3. The molecule has 0 aromatic heterocycles. The van der Waals surface area contributed by atoms with Crippen LogP contribution in [0.3, 0.4) is 0 Å². The molecule has 2 unspecified atom stereocenters. The highest BCUT2D eigenvalue weighted by atomic mass is 14.9. The summed E-state index contributed by atoms with van der Waals surface area (Å²) in [5.41, 5.74) is 0. The molecule has 117 valence electrons. The van der Waals surface area contributed by atoms with Gasteiger partial charge in [-0.3, -0.25) is 0 Å². The van der Waals surface area contributed by atoms with E-state index in [4.69, 9.17) is 0 Å². The molecular formula is C17H34N3. The van der Waals surface area contributed by atoms with Gasteiger partial charge in [0.2, 0.25) is 0 Å². The summed E-state index contributed by atoms with van der Waals surface area (Å²) < 4.78 is 0. The van der Waals surface area contributed by atoms with E-state index in [1.165, 1.54) is 83.8 Å². The summed E-state index contributed by atoms with van der Waals surface area (Å²) in [7, 11) is 0. The monoisotopic (exact) mass is 280 g/mol. The highest BCUT2D eigenvalue weighted by molar-refractivity contribution is 4.77. The fourth-order valence-electron chi connectivity index (χ4n) is 3.41. The first-order chi connectivity index (χ1) is 9.95. The molecule has 0 amide bonds. The predicted molar refractivity (Wildman–Crippen MR) is 86.9 cm³/mol. The summed E-state index contributed by atoms with van der Waals surface area (Å²) >= 11 is 0. The fraction of sp³-hybridized carbons (Fsp3) is 0.941. The molecule has 20 heavy (non-hydrogen) atoms. The van der Waals surface area contributed by atoms with Crippen molar-refractivity contribution in [2.45, 2.75) is 76.3 Å². The average Bonchev–Trinajstić information content (AvgIpc) is 2.52. The molecule has 3 N–H and O–H groups in total. The fourth-order valence-corrected chi connectivity index (χ4v) is 3.41. The van der Waals surface area contributed by atoms with Crippen LogP contribution in [0.25, 0.3) is 0 Å². The molecule has 2 saturated heterocycles. The van der Waals surface area contributed by atoms with E-state index in [-0.39, 0.29) is 0 Å². The Labute approximate surface area is 125 Å². The largest absolute Gasteiger partial charge is 0.317 e. The lowest BCUT2D eigenvalue weighted by molar-refractivity contribution is 0.375. The van der Waals surface area contributed by atoms with E-state index in [2.05, 4.69) is 22.4 Å². The standard InChI is InChI=1S/C17H34N3/c1(2-8-16-9-3-6-13-19-16)5-12-18-15-11-17-10-4-7-14-20-17/h1,16-20H,2-15H2. The van der Waals surface area contributed by atoms with Crippen molar-refractivity contribution in [3.05, 3.63) is 6.42 Å². The highest BCUT2D eigenvalue weighted by Gasteiger charge is 2.12. The van der Waals surface area contributed by atoms with Crippen LogP contribution < -0.4 is 16.0 Å². The van der Waals surface area contributed by atoms with Crippen LogP contribution in [0.1, 0.15) is 64.2 Å². The van der Waals surface area contributed by atoms with Crippen molar-refractivity contribution < 1.29 is 0 Å². The van der Waals surface area contributed by atoms with Crippen LogP contribution in [-0.4, -0.2) is 38.3 Å². The van der Waals surface area contributed by atoms with Gasteiger partial charge in [-0.15, -0.1) is 0 Å². The maximum absolute atomic E-state index is 3.62. The second-order valence-electron chi connectivity index (χ2n) is 6.49. The smallest absolute Gasteiger partial charge is 0.00791 e. The van der Waals surface area contributed by atoms with Crippen molar-refractivity contribution in [3.8, 4) is 0 Å². The Kier molecular flexibility index (Phi) is 8.60. The molecule has 0 aromatic carbocycles. The molecule has 2 atom stereocenters. The maximum Gasteiger partial charge on any atom is 0.00791 e. The normalized spacial score (nSPS) is 27.6. The number of hydrogen-bond donors (Lipinski definition) is 3. The highest BCUT2D eigenvalue weighted by Crippen LogP contribution is 2.13. The van der Waals surface area contributed by atoms with E-state index in [1.807, 2.05) is 0 Å². The summed E-state index contributed by atoms with van der Waals surface area (Å²) in [6.07, 6.45) is 16.0. The van der Waals surface area contributed by atoms with Gasteiger partial charge in [0.05, 0.1) is 0 Å². The first-order valence-corrected chi connectivity index (χ1v) is 8.94. The van der Waals surface area contributed by atoms with Gasteiger partial charge in [-0.2, -0.15) is 0 Å². The molecule has 2 rings (SSSR count).